The van der Waals surface area contributed by atoms with Gasteiger partial charge in [-0.25, -0.2) is 4.85 Å². The van der Waals surface area contributed by atoms with Crippen molar-refractivity contribution in [2.75, 3.05) is 20.3 Å². The molecular weight excluding hydrogens is 859 g/mol. The number of carbonyl (C=O) groups excluding carboxylic acids is 2. The van der Waals surface area contributed by atoms with E-state index < -0.39 is 0 Å². The maximum atomic E-state index is 12.9. The normalized spacial score (nSPS) is 13.1. The molecule has 11 nitrogen and oxygen atoms in total. The number of amides is 2. The van der Waals surface area contributed by atoms with Crippen LogP contribution in [-0.2, 0) is 0 Å². The largest absolute Gasteiger partial charge is 0.497 e. The summed E-state index contributed by atoms with van der Waals surface area (Å²) in [4.78, 5) is 46.0. The summed E-state index contributed by atoms with van der Waals surface area (Å²) in [6, 6.07) is 57.0. The number of aromatic nitrogens is 4. The number of fused-ring (bicyclic) bond motifs is 9. The van der Waals surface area contributed by atoms with Crippen LogP contribution in [0.15, 0.2) is 170 Å². The van der Waals surface area contributed by atoms with Gasteiger partial charge in [-0.3, -0.25) is 14.5 Å². The monoisotopic (exact) mass is 899 g/mol. The van der Waals surface area contributed by atoms with Gasteiger partial charge in [0.2, 0.25) is 0 Å². The van der Waals surface area contributed by atoms with E-state index in [-0.39, 0.29) is 18.4 Å². The summed E-state index contributed by atoms with van der Waals surface area (Å²) < 4.78 is 11.7. The van der Waals surface area contributed by atoms with Crippen LogP contribution < -0.4 is 30.9 Å². The van der Waals surface area contributed by atoms with Crippen molar-refractivity contribution in [3.8, 4) is 17.6 Å². The molecule has 332 valence electrons. The second kappa shape index (κ2) is 17.7. The molecule has 4 N–H and O–H groups in total. The second-order valence-corrected chi connectivity index (χ2v) is 16.8. The van der Waals surface area contributed by atoms with Crippen LogP contribution >= 0.6 is 0 Å². The van der Waals surface area contributed by atoms with Crippen LogP contribution in [0.3, 0.4) is 0 Å². The molecule has 69 heavy (non-hydrogen) atoms. The zero-order valence-electron chi connectivity index (χ0n) is 37.3. The van der Waals surface area contributed by atoms with Crippen molar-refractivity contribution >= 4 is 39.8 Å². The molecule has 5 aromatic carbocycles. The number of nitriles is 1. The second-order valence-electron chi connectivity index (χ2n) is 16.8. The molecule has 2 aliphatic heterocycles. The van der Waals surface area contributed by atoms with Crippen LogP contribution in [0.5, 0.6) is 11.5 Å². The maximum absolute atomic E-state index is 12.9. The summed E-state index contributed by atoms with van der Waals surface area (Å²) in [5, 5.41) is 13.2. The van der Waals surface area contributed by atoms with E-state index in [2.05, 4.69) is 91.5 Å². The smallest absolute Gasteiger partial charge is 0.261 e. The van der Waals surface area contributed by atoms with Crippen molar-refractivity contribution in [3.63, 3.8) is 0 Å². The van der Waals surface area contributed by atoms with Crippen LogP contribution in [-0.4, -0.2) is 56.9 Å². The fourth-order valence-corrected chi connectivity index (χ4v) is 9.32. The number of aromatic amines is 4. The van der Waals surface area contributed by atoms with Gasteiger partial charge in [0.05, 0.1) is 43.0 Å². The SMILES string of the molecule is [C-]#[N+]c1ccc(C2=c3ccc([nH]3)=C(c3ccc(OCCCN4C(=O)c5ccccc5C4=O)cc3)c3ccc([nH]3)C(c3ccc(C#N)cc3)=c3ccc([nH]3)=C(c3ccc(OC)cc3)c3ccc2[nH]3)cc1. The topological polar surface area (TPSA) is 147 Å². The molecule has 2 amide bonds. The van der Waals surface area contributed by atoms with Gasteiger partial charge in [0, 0.05) is 73.0 Å². The number of methoxy groups -OCH3 is 1. The van der Waals surface area contributed by atoms with Gasteiger partial charge in [-0.2, -0.15) is 5.26 Å². The Morgan fingerprint density at radius 3 is 1.33 bits per heavy atom. The van der Waals surface area contributed by atoms with Crippen LogP contribution in [0.2, 0.25) is 0 Å². The Morgan fingerprint density at radius 2 is 0.928 bits per heavy atom. The minimum atomic E-state index is -0.275. The number of hydrogen-bond acceptors (Lipinski definition) is 5. The van der Waals surface area contributed by atoms with Crippen molar-refractivity contribution in [1.29, 1.82) is 5.26 Å². The van der Waals surface area contributed by atoms with Crippen LogP contribution in [0, 0.1) is 17.9 Å². The van der Waals surface area contributed by atoms with Gasteiger partial charge in [0.25, 0.3) is 11.8 Å². The number of benzene rings is 5. The van der Waals surface area contributed by atoms with E-state index >= 15 is 0 Å². The van der Waals surface area contributed by atoms with E-state index in [1.807, 2.05) is 84.9 Å². The number of carbonyl (C=O) groups is 2. The molecule has 8 bridgehead atoms. The fraction of sp³-hybridized carbons (Fsp3) is 0.0690. The van der Waals surface area contributed by atoms with Crippen LogP contribution in [0.1, 0.15) is 77.7 Å². The number of hydrogen-bond donors (Lipinski definition) is 4. The molecular formula is C58H41N7O4. The summed E-state index contributed by atoms with van der Waals surface area (Å²) >= 11 is 0. The maximum Gasteiger partial charge on any atom is 0.261 e. The number of rotatable bonds is 10. The van der Waals surface area contributed by atoms with E-state index in [1.54, 1.807) is 31.4 Å². The zero-order chi connectivity index (χ0) is 47.0. The minimum Gasteiger partial charge on any atom is -0.497 e. The quantitative estimate of drug-likeness (QED) is 0.0629. The summed E-state index contributed by atoms with van der Waals surface area (Å²) in [6.07, 6.45) is 0.476. The van der Waals surface area contributed by atoms with E-state index in [0.29, 0.717) is 41.2 Å². The van der Waals surface area contributed by atoms with Gasteiger partial charge in [-0.15, -0.1) is 0 Å². The lowest BCUT2D eigenvalue weighted by Gasteiger charge is -2.14. The molecule has 0 atom stereocenters. The molecule has 0 spiro atoms. The summed E-state index contributed by atoms with van der Waals surface area (Å²) in [5.41, 5.74) is 12.9. The van der Waals surface area contributed by atoms with Crippen LogP contribution in [0.4, 0.5) is 5.69 Å². The number of nitrogens with zero attached hydrogens (tertiary/aromatic N) is 3. The highest BCUT2D eigenvalue weighted by molar-refractivity contribution is 6.21. The van der Waals surface area contributed by atoms with Crippen molar-refractivity contribution in [2.24, 2.45) is 0 Å². The molecule has 0 aliphatic carbocycles. The predicted molar refractivity (Wildman–Crippen MR) is 263 cm³/mol. The molecule has 0 saturated carbocycles. The predicted octanol–water partition coefficient (Wildman–Crippen LogP) is 7.80. The number of imide groups is 1. The molecule has 0 radical (unpaired) electrons. The van der Waals surface area contributed by atoms with Gasteiger partial charge >= 0.3 is 0 Å². The van der Waals surface area contributed by atoms with Crippen molar-refractivity contribution in [1.82, 2.24) is 24.8 Å². The standard InChI is InChI=1S/C58H41N7O4/c1-60-40-18-12-37(13-19-40)54-47-26-30-50(63-47)55(38-14-20-41(68-2)21-15-38)49-28-24-45(61-49)53(36-10-8-35(34-59)9-11-36)46-25-29-51(62-46)56(52-31-27-48(54)64-52)39-16-22-42(23-17-39)69-33-5-32-65-57(66)43-6-3-4-7-44(43)58(65)67/h3-4,6-31,61-64H,5,32-33H2,2H3. The first kappa shape index (κ1) is 42.1. The zero-order valence-corrected chi connectivity index (χ0v) is 37.3. The third-order valence-corrected chi connectivity index (χ3v) is 12.7. The Kier molecular flexibility index (Phi) is 10.8. The molecule has 11 rings (SSSR count). The Hall–Kier alpha value is -9.58. The summed E-state index contributed by atoms with van der Waals surface area (Å²) in [5.74, 6) is 0.855. The van der Waals surface area contributed by atoms with E-state index in [1.165, 1.54) is 4.90 Å². The molecule has 9 aromatic rings. The molecule has 2 aliphatic rings. The first-order chi connectivity index (χ1) is 33.9. The van der Waals surface area contributed by atoms with Crippen molar-refractivity contribution < 1.29 is 19.1 Å². The molecule has 11 heteroatoms. The average Bonchev–Trinajstić information content (AvgIpc) is 4.27. The summed E-state index contributed by atoms with van der Waals surface area (Å²) in [6.45, 7) is 8.21. The van der Waals surface area contributed by atoms with Crippen molar-refractivity contribution in [3.05, 3.63) is 264 Å². The van der Waals surface area contributed by atoms with Crippen molar-refractivity contribution in [2.45, 2.75) is 6.42 Å². The van der Waals surface area contributed by atoms with Crippen LogP contribution in [0.25, 0.3) is 27.1 Å². The lowest BCUT2D eigenvalue weighted by atomic mass is 10.0. The Morgan fingerprint density at radius 1 is 0.522 bits per heavy atom. The van der Waals surface area contributed by atoms with Gasteiger partial charge in [-0.05, 0) is 126 Å². The number of ether oxygens (including phenoxy) is 2. The van der Waals surface area contributed by atoms with E-state index in [4.69, 9.17) is 16.0 Å². The Balaban J connectivity index is 1.06. The fourth-order valence-electron chi connectivity index (χ4n) is 9.32. The van der Waals surface area contributed by atoms with Gasteiger partial charge < -0.3 is 29.4 Å². The van der Waals surface area contributed by atoms with Gasteiger partial charge in [0.1, 0.15) is 11.5 Å². The minimum absolute atomic E-state index is 0.256. The molecule has 0 fully saturated rings. The molecule has 4 aromatic heterocycles. The Labute approximate surface area is 396 Å². The highest BCUT2D eigenvalue weighted by Gasteiger charge is 2.34. The lowest BCUT2D eigenvalue weighted by molar-refractivity contribution is 0.0646. The molecule has 0 saturated heterocycles. The Bertz CT molecular complexity index is 3780. The average molecular weight is 900 g/mol. The number of H-pyrrole nitrogens is 4. The van der Waals surface area contributed by atoms with E-state index in [0.717, 1.165) is 94.5 Å². The first-order valence-electron chi connectivity index (χ1n) is 22.5. The first-order valence-corrected chi connectivity index (χ1v) is 22.5. The summed E-state index contributed by atoms with van der Waals surface area (Å²) in [7, 11) is 1.66. The molecule has 0 unspecified atom stereocenters. The van der Waals surface area contributed by atoms with E-state index in [9.17, 15) is 14.9 Å². The molecule has 6 heterocycles. The third-order valence-electron chi connectivity index (χ3n) is 12.7. The lowest BCUT2D eigenvalue weighted by Crippen LogP contribution is -2.31. The van der Waals surface area contributed by atoms with Gasteiger partial charge in [-0.1, -0.05) is 72.8 Å². The number of nitrogens with one attached hydrogen (secondary N) is 4. The van der Waals surface area contributed by atoms with Gasteiger partial charge in [0.15, 0.2) is 5.69 Å². The highest BCUT2D eigenvalue weighted by Crippen LogP contribution is 2.30. The highest BCUT2D eigenvalue weighted by atomic mass is 16.5. The third kappa shape index (κ3) is 7.80.